The van der Waals surface area contributed by atoms with Crippen LogP contribution in [0.1, 0.15) is 31.7 Å². The van der Waals surface area contributed by atoms with Crippen LogP contribution in [0.15, 0.2) is 18.2 Å². The van der Waals surface area contributed by atoms with E-state index in [4.69, 9.17) is 14.7 Å². The Morgan fingerprint density at radius 1 is 1.37 bits per heavy atom. The van der Waals surface area contributed by atoms with Crippen molar-refractivity contribution in [1.82, 2.24) is 5.48 Å². The van der Waals surface area contributed by atoms with Gasteiger partial charge in [-0.25, -0.2) is 5.48 Å². The van der Waals surface area contributed by atoms with Gasteiger partial charge in [-0.2, -0.15) is 0 Å². The molecule has 0 saturated carbocycles. The third kappa shape index (κ3) is 5.18. The zero-order valence-electron chi connectivity index (χ0n) is 11.4. The molecule has 0 fully saturated rings. The molecule has 0 bridgehead atoms. The first-order valence-electron chi connectivity index (χ1n) is 6.44. The fourth-order valence-electron chi connectivity index (χ4n) is 1.63. The minimum Gasteiger partial charge on any atom is -0.493 e. The van der Waals surface area contributed by atoms with E-state index in [1.54, 1.807) is 12.6 Å². The predicted octanol–water partition coefficient (Wildman–Crippen LogP) is 2.31. The van der Waals surface area contributed by atoms with Gasteiger partial charge in [-0.05, 0) is 30.5 Å². The SMILES string of the molecule is CCCCOc1ccc(CCC(=O)NO)cc1OC. The van der Waals surface area contributed by atoms with Crippen LogP contribution in [0.5, 0.6) is 11.5 Å². The normalized spacial score (nSPS) is 10.1. The molecule has 0 aromatic heterocycles. The lowest BCUT2D eigenvalue weighted by Gasteiger charge is -2.11. The Morgan fingerprint density at radius 3 is 2.79 bits per heavy atom. The minimum atomic E-state index is -0.401. The van der Waals surface area contributed by atoms with Gasteiger partial charge in [0.2, 0.25) is 5.91 Å². The maximum Gasteiger partial charge on any atom is 0.243 e. The Balaban J connectivity index is 2.64. The number of hydrogen-bond acceptors (Lipinski definition) is 4. The summed E-state index contributed by atoms with van der Waals surface area (Å²) in [5.74, 6) is 0.978. The lowest BCUT2D eigenvalue weighted by Crippen LogP contribution is -2.18. The zero-order valence-corrected chi connectivity index (χ0v) is 11.4. The van der Waals surface area contributed by atoms with Crippen LogP contribution >= 0.6 is 0 Å². The lowest BCUT2D eigenvalue weighted by atomic mass is 10.1. The third-order valence-electron chi connectivity index (χ3n) is 2.75. The molecule has 0 radical (unpaired) electrons. The van der Waals surface area contributed by atoms with Crippen molar-refractivity contribution in [3.63, 3.8) is 0 Å². The molecule has 1 amide bonds. The van der Waals surface area contributed by atoms with Gasteiger partial charge in [0, 0.05) is 6.42 Å². The molecule has 0 saturated heterocycles. The largest absolute Gasteiger partial charge is 0.493 e. The number of methoxy groups -OCH3 is 1. The van der Waals surface area contributed by atoms with Crippen molar-refractivity contribution in [3.8, 4) is 11.5 Å². The van der Waals surface area contributed by atoms with Crippen LogP contribution in [-0.4, -0.2) is 24.8 Å². The standard InChI is InChI=1S/C14H21NO4/c1-3-4-9-19-12-7-5-11(10-13(12)18-2)6-8-14(16)15-17/h5,7,10,17H,3-4,6,8-9H2,1-2H3,(H,15,16). The summed E-state index contributed by atoms with van der Waals surface area (Å²) in [6, 6.07) is 5.60. The molecule has 0 spiro atoms. The topological polar surface area (TPSA) is 67.8 Å². The molecule has 0 heterocycles. The van der Waals surface area contributed by atoms with Crippen molar-refractivity contribution in [2.45, 2.75) is 32.6 Å². The summed E-state index contributed by atoms with van der Waals surface area (Å²) in [6.45, 7) is 2.77. The Morgan fingerprint density at radius 2 is 2.16 bits per heavy atom. The summed E-state index contributed by atoms with van der Waals surface area (Å²) in [5.41, 5.74) is 2.58. The van der Waals surface area contributed by atoms with Crippen molar-refractivity contribution in [3.05, 3.63) is 23.8 Å². The quantitative estimate of drug-likeness (QED) is 0.431. The summed E-state index contributed by atoms with van der Waals surface area (Å²) in [6.07, 6.45) is 2.85. The van der Waals surface area contributed by atoms with Gasteiger partial charge in [0.1, 0.15) is 0 Å². The highest BCUT2D eigenvalue weighted by atomic mass is 16.5. The van der Waals surface area contributed by atoms with Crippen LogP contribution in [0.2, 0.25) is 0 Å². The molecule has 0 atom stereocenters. The van der Waals surface area contributed by atoms with Gasteiger partial charge < -0.3 is 9.47 Å². The number of benzene rings is 1. The highest BCUT2D eigenvalue weighted by Gasteiger charge is 2.07. The second-order valence-corrected chi connectivity index (χ2v) is 4.22. The number of unbranched alkanes of at least 4 members (excludes halogenated alkanes) is 1. The van der Waals surface area contributed by atoms with Crippen molar-refractivity contribution < 1.29 is 19.5 Å². The molecule has 1 aromatic carbocycles. The fraction of sp³-hybridized carbons (Fsp3) is 0.500. The molecule has 0 aliphatic carbocycles. The lowest BCUT2D eigenvalue weighted by molar-refractivity contribution is -0.129. The highest BCUT2D eigenvalue weighted by Crippen LogP contribution is 2.28. The van der Waals surface area contributed by atoms with Gasteiger partial charge in [-0.3, -0.25) is 10.0 Å². The number of carbonyl (C=O) groups excluding carboxylic acids is 1. The third-order valence-corrected chi connectivity index (χ3v) is 2.75. The monoisotopic (exact) mass is 267 g/mol. The second-order valence-electron chi connectivity index (χ2n) is 4.22. The molecule has 1 rings (SSSR count). The van der Waals surface area contributed by atoms with E-state index in [0.717, 1.165) is 18.4 Å². The predicted molar refractivity (Wildman–Crippen MR) is 71.6 cm³/mol. The number of aryl methyl sites for hydroxylation is 1. The van der Waals surface area contributed by atoms with E-state index in [2.05, 4.69) is 6.92 Å². The van der Waals surface area contributed by atoms with Crippen molar-refractivity contribution >= 4 is 5.91 Å². The van der Waals surface area contributed by atoms with Gasteiger partial charge in [-0.1, -0.05) is 19.4 Å². The van der Waals surface area contributed by atoms with Gasteiger partial charge in [0.25, 0.3) is 0 Å². The molecule has 5 heteroatoms. The second kappa shape index (κ2) is 8.37. The summed E-state index contributed by atoms with van der Waals surface area (Å²) in [7, 11) is 1.59. The molecule has 19 heavy (non-hydrogen) atoms. The van der Waals surface area contributed by atoms with E-state index in [-0.39, 0.29) is 6.42 Å². The Kier molecular flexibility index (Phi) is 6.74. The molecule has 5 nitrogen and oxygen atoms in total. The van der Waals surface area contributed by atoms with Crippen molar-refractivity contribution in [2.75, 3.05) is 13.7 Å². The van der Waals surface area contributed by atoms with Crippen LogP contribution in [-0.2, 0) is 11.2 Å². The summed E-state index contributed by atoms with van der Waals surface area (Å²) >= 11 is 0. The van der Waals surface area contributed by atoms with Crippen LogP contribution in [0, 0.1) is 0 Å². The maximum atomic E-state index is 11.0. The molecule has 0 unspecified atom stereocenters. The number of nitrogens with one attached hydrogen (secondary N) is 1. The molecule has 0 aliphatic rings. The van der Waals surface area contributed by atoms with E-state index in [0.29, 0.717) is 24.5 Å². The number of rotatable bonds is 8. The maximum absolute atomic E-state index is 11.0. The summed E-state index contributed by atoms with van der Waals surface area (Å²) in [4.78, 5) is 11.0. The molecular formula is C14H21NO4. The molecular weight excluding hydrogens is 246 g/mol. The number of ether oxygens (including phenoxy) is 2. The zero-order chi connectivity index (χ0) is 14.1. The first-order valence-corrected chi connectivity index (χ1v) is 6.44. The summed E-state index contributed by atoms with van der Waals surface area (Å²) in [5, 5.41) is 8.43. The number of carbonyl (C=O) groups is 1. The van der Waals surface area contributed by atoms with Crippen LogP contribution in [0.3, 0.4) is 0 Å². The molecule has 1 aromatic rings. The highest BCUT2D eigenvalue weighted by molar-refractivity contribution is 5.74. The van der Waals surface area contributed by atoms with E-state index in [9.17, 15) is 4.79 Å². The van der Waals surface area contributed by atoms with E-state index < -0.39 is 5.91 Å². The Bertz CT molecular complexity index is 406. The molecule has 106 valence electrons. The van der Waals surface area contributed by atoms with E-state index >= 15 is 0 Å². The Hall–Kier alpha value is -1.75. The average molecular weight is 267 g/mol. The van der Waals surface area contributed by atoms with Gasteiger partial charge >= 0.3 is 0 Å². The average Bonchev–Trinajstić information content (AvgIpc) is 2.45. The fourth-order valence-corrected chi connectivity index (χ4v) is 1.63. The van der Waals surface area contributed by atoms with Crippen LogP contribution in [0.25, 0.3) is 0 Å². The van der Waals surface area contributed by atoms with Crippen molar-refractivity contribution in [2.24, 2.45) is 0 Å². The van der Waals surface area contributed by atoms with Crippen LogP contribution < -0.4 is 15.0 Å². The van der Waals surface area contributed by atoms with Gasteiger partial charge in [0.15, 0.2) is 11.5 Å². The first kappa shape index (κ1) is 15.3. The van der Waals surface area contributed by atoms with Crippen LogP contribution in [0.4, 0.5) is 0 Å². The molecule has 2 N–H and O–H groups in total. The Labute approximate surface area is 113 Å². The van der Waals surface area contributed by atoms with Crippen molar-refractivity contribution in [1.29, 1.82) is 0 Å². The number of hydroxylamine groups is 1. The minimum absolute atomic E-state index is 0.232. The van der Waals surface area contributed by atoms with Gasteiger partial charge in [-0.15, -0.1) is 0 Å². The van der Waals surface area contributed by atoms with E-state index in [1.807, 2.05) is 18.2 Å². The molecule has 0 aliphatic heterocycles. The summed E-state index contributed by atoms with van der Waals surface area (Å²) < 4.78 is 10.9. The van der Waals surface area contributed by atoms with E-state index in [1.165, 1.54) is 0 Å². The number of amides is 1. The first-order chi connectivity index (χ1) is 9.21. The van der Waals surface area contributed by atoms with Gasteiger partial charge in [0.05, 0.1) is 13.7 Å². The smallest absolute Gasteiger partial charge is 0.243 e. The number of hydrogen-bond donors (Lipinski definition) is 2.